The molecule has 1 amide bonds. The summed E-state index contributed by atoms with van der Waals surface area (Å²) in [5, 5.41) is 0.680. The maximum atomic E-state index is 12.1. The second-order valence-electron chi connectivity index (χ2n) is 4.08. The number of aryl methyl sites for hydroxylation is 1. The van der Waals surface area contributed by atoms with Gasteiger partial charge >= 0.3 is 0 Å². The monoisotopic (exact) mass is 386 g/mol. The average Bonchev–Trinajstić information content (AvgIpc) is 2.95. The molecule has 20 heavy (non-hydrogen) atoms. The molecule has 102 valence electrons. The Kier molecular flexibility index (Phi) is 3.81. The molecule has 3 rings (SSSR count). The lowest BCUT2D eigenvalue weighted by Crippen LogP contribution is -2.12. The van der Waals surface area contributed by atoms with Gasteiger partial charge < -0.3 is 4.57 Å². The lowest BCUT2D eigenvalue weighted by molar-refractivity contribution is 0.100. The first-order valence-corrected chi connectivity index (χ1v) is 8.44. The van der Waals surface area contributed by atoms with E-state index in [0.29, 0.717) is 14.7 Å². The molecule has 0 fully saturated rings. The number of carbonyl (C=O) groups is 1. The van der Waals surface area contributed by atoms with Crippen LogP contribution in [0.5, 0.6) is 0 Å². The van der Waals surface area contributed by atoms with Gasteiger partial charge in [0.05, 0.1) is 18.9 Å². The third-order valence-electron chi connectivity index (χ3n) is 2.75. The molecule has 0 unspecified atom stereocenters. The standard InChI is InChI=1S/C13H8BrClN2OS2/c1-17-8-3-2-7(15)6-10(8)20-13(17)16-12(18)9-4-5-11(14)19-9/h2-6H,1H3. The van der Waals surface area contributed by atoms with Crippen LogP contribution in [-0.4, -0.2) is 10.5 Å². The van der Waals surface area contributed by atoms with E-state index in [0.717, 1.165) is 14.0 Å². The van der Waals surface area contributed by atoms with Gasteiger partial charge in [0.2, 0.25) is 0 Å². The zero-order valence-corrected chi connectivity index (χ0v) is 14.2. The van der Waals surface area contributed by atoms with Crippen molar-refractivity contribution in [3.05, 3.63) is 48.8 Å². The lowest BCUT2D eigenvalue weighted by atomic mass is 10.3. The van der Waals surface area contributed by atoms with Crippen LogP contribution in [0.1, 0.15) is 9.67 Å². The molecule has 0 bridgehead atoms. The topological polar surface area (TPSA) is 34.4 Å². The Hall–Kier alpha value is -0.950. The minimum absolute atomic E-state index is 0.228. The minimum atomic E-state index is -0.228. The van der Waals surface area contributed by atoms with Crippen LogP contribution >= 0.6 is 50.2 Å². The summed E-state index contributed by atoms with van der Waals surface area (Å²) in [6.07, 6.45) is 0. The van der Waals surface area contributed by atoms with E-state index in [-0.39, 0.29) is 5.91 Å². The number of amides is 1. The normalized spacial score (nSPS) is 12.2. The molecule has 2 heterocycles. The summed E-state index contributed by atoms with van der Waals surface area (Å²) in [6.45, 7) is 0. The number of fused-ring (bicyclic) bond motifs is 1. The SMILES string of the molecule is Cn1c(=NC(=O)c2ccc(Br)s2)sc2cc(Cl)ccc21. The number of hydrogen-bond donors (Lipinski definition) is 0. The smallest absolute Gasteiger partial charge is 0.289 e. The molecule has 0 N–H and O–H groups in total. The molecule has 0 spiro atoms. The molecule has 2 aromatic heterocycles. The highest BCUT2D eigenvalue weighted by Crippen LogP contribution is 2.23. The first-order valence-electron chi connectivity index (χ1n) is 5.64. The highest BCUT2D eigenvalue weighted by molar-refractivity contribution is 9.11. The molecule has 3 nitrogen and oxygen atoms in total. The molecular formula is C13H8BrClN2OS2. The third-order valence-corrected chi connectivity index (χ3v) is 5.69. The number of benzene rings is 1. The Bertz CT molecular complexity index is 878. The van der Waals surface area contributed by atoms with Crippen molar-refractivity contribution in [1.29, 1.82) is 0 Å². The van der Waals surface area contributed by atoms with Crippen molar-refractivity contribution in [2.45, 2.75) is 0 Å². The van der Waals surface area contributed by atoms with E-state index in [1.54, 1.807) is 6.07 Å². The van der Waals surface area contributed by atoms with Gasteiger partial charge in [-0.15, -0.1) is 11.3 Å². The van der Waals surface area contributed by atoms with Crippen LogP contribution in [0.2, 0.25) is 5.02 Å². The number of rotatable bonds is 1. The second kappa shape index (κ2) is 5.44. The Balaban J connectivity index is 2.12. The van der Waals surface area contributed by atoms with Gasteiger partial charge in [0.15, 0.2) is 4.80 Å². The van der Waals surface area contributed by atoms with Crippen LogP contribution < -0.4 is 4.80 Å². The van der Waals surface area contributed by atoms with E-state index >= 15 is 0 Å². The number of carbonyl (C=O) groups excluding carboxylic acids is 1. The second-order valence-corrected chi connectivity index (χ2v) is 7.98. The summed E-state index contributed by atoms with van der Waals surface area (Å²) < 4.78 is 3.83. The Labute approximate surface area is 136 Å². The van der Waals surface area contributed by atoms with Crippen molar-refractivity contribution in [3.8, 4) is 0 Å². The third kappa shape index (κ3) is 2.61. The van der Waals surface area contributed by atoms with Crippen LogP contribution in [0.3, 0.4) is 0 Å². The van der Waals surface area contributed by atoms with Gasteiger partial charge in [-0.3, -0.25) is 4.79 Å². The summed E-state index contributed by atoms with van der Waals surface area (Å²) in [7, 11) is 1.89. The summed E-state index contributed by atoms with van der Waals surface area (Å²) in [6, 6.07) is 9.26. The summed E-state index contributed by atoms with van der Waals surface area (Å²) in [4.78, 5) is 17.6. The van der Waals surface area contributed by atoms with Crippen LogP contribution in [0.15, 0.2) is 39.1 Å². The van der Waals surface area contributed by atoms with Crippen molar-refractivity contribution in [3.63, 3.8) is 0 Å². The fourth-order valence-corrected chi connectivity index (χ4v) is 4.35. The number of hydrogen-bond acceptors (Lipinski definition) is 3. The van der Waals surface area contributed by atoms with Crippen molar-refractivity contribution in [2.75, 3.05) is 0 Å². The highest BCUT2D eigenvalue weighted by Gasteiger charge is 2.09. The van der Waals surface area contributed by atoms with Crippen LogP contribution in [0, 0.1) is 0 Å². The van der Waals surface area contributed by atoms with E-state index in [1.165, 1.54) is 22.7 Å². The van der Waals surface area contributed by atoms with E-state index in [2.05, 4.69) is 20.9 Å². The van der Waals surface area contributed by atoms with Gasteiger partial charge in [0.25, 0.3) is 5.91 Å². The first kappa shape index (κ1) is 14.0. The van der Waals surface area contributed by atoms with Crippen molar-refractivity contribution >= 4 is 66.3 Å². The van der Waals surface area contributed by atoms with Crippen LogP contribution in [0.25, 0.3) is 10.2 Å². The molecule has 3 aromatic rings. The summed E-state index contributed by atoms with van der Waals surface area (Å²) >= 11 is 12.2. The molecule has 1 aromatic carbocycles. The predicted octanol–water partition coefficient (Wildman–Crippen LogP) is 4.46. The van der Waals surface area contributed by atoms with E-state index in [1.807, 2.05) is 35.9 Å². The molecular weight excluding hydrogens is 380 g/mol. The lowest BCUT2D eigenvalue weighted by Gasteiger charge is -1.94. The van der Waals surface area contributed by atoms with Crippen molar-refractivity contribution in [2.24, 2.45) is 12.0 Å². The molecule has 0 aliphatic heterocycles. The number of aromatic nitrogens is 1. The fraction of sp³-hybridized carbons (Fsp3) is 0.0769. The van der Waals surface area contributed by atoms with Gasteiger partial charge in [0, 0.05) is 12.1 Å². The van der Waals surface area contributed by atoms with Gasteiger partial charge in [-0.25, -0.2) is 0 Å². The molecule has 7 heteroatoms. The summed E-state index contributed by atoms with van der Waals surface area (Å²) in [5.74, 6) is -0.228. The molecule has 0 radical (unpaired) electrons. The first-order chi connectivity index (χ1) is 9.54. The van der Waals surface area contributed by atoms with E-state index in [9.17, 15) is 4.79 Å². The fourth-order valence-electron chi connectivity index (χ4n) is 1.79. The molecule has 0 saturated carbocycles. The zero-order chi connectivity index (χ0) is 14.3. The van der Waals surface area contributed by atoms with Crippen LogP contribution in [0.4, 0.5) is 0 Å². The van der Waals surface area contributed by atoms with E-state index < -0.39 is 0 Å². The maximum Gasteiger partial charge on any atom is 0.289 e. The number of nitrogens with zero attached hydrogens (tertiary/aromatic N) is 2. The number of halogens is 2. The summed E-state index contributed by atoms with van der Waals surface area (Å²) in [5.41, 5.74) is 1.01. The Morgan fingerprint density at radius 3 is 2.80 bits per heavy atom. The highest BCUT2D eigenvalue weighted by atomic mass is 79.9. The predicted molar refractivity (Wildman–Crippen MR) is 87.7 cm³/mol. The molecule has 0 aliphatic carbocycles. The van der Waals surface area contributed by atoms with Crippen molar-refractivity contribution in [1.82, 2.24) is 4.57 Å². The average molecular weight is 388 g/mol. The van der Waals surface area contributed by atoms with Gasteiger partial charge in [-0.05, 0) is 46.3 Å². The Morgan fingerprint density at radius 1 is 1.30 bits per heavy atom. The molecule has 0 saturated heterocycles. The van der Waals surface area contributed by atoms with Crippen LogP contribution in [-0.2, 0) is 7.05 Å². The van der Waals surface area contributed by atoms with E-state index in [4.69, 9.17) is 11.6 Å². The van der Waals surface area contributed by atoms with Gasteiger partial charge in [-0.1, -0.05) is 22.9 Å². The Morgan fingerprint density at radius 2 is 2.10 bits per heavy atom. The number of thiazole rings is 1. The molecule has 0 atom stereocenters. The zero-order valence-electron chi connectivity index (χ0n) is 10.3. The maximum absolute atomic E-state index is 12.1. The quantitative estimate of drug-likeness (QED) is 0.607. The number of thiophene rings is 1. The largest absolute Gasteiger partial charge is 0.319 e. The van der Waals surface area contributed by atoms with Crippen molar-refractivity contribution < 1.29 is 4.79 Å². The minimum Gasteiger partial charge on any atom is -0.319 e. The van der Waals surface area contributed by atoms with Gasteiger partial charge in [-0.2, -0.15) is 4.99 Å². The molecule has 0 aliphatic rings. The van der Waals surface area contributed by atoms with Gasteiger partial charge in [0.1, 0.15) is 0 Å².